The molecule has 0 aromatic heterocycles. The Kier molecular flexibility index (Phi) is 8.38. The minimum Gasteiger partial charge on any atom is -0.382 e. The van der Waals surface area contributed by atoms with Crippen LogP contribution in [0.3, 0.4) is 0 Å². The molecule has 3 rings (SSSR count). The molecule has 8 heteroatoms. The second-order valence-electron chi connectivity index (χ2n) is 8.41. The number of nitrogens with one attached hydrogen (secondary N) is 1. The molecule has 1 heterocycles. The fraction of sp³-hybridized carbons (Fsp3) is 0.478. The number of hydrogen-bond donors (Lipinski definition) is 1. The van der Waals surface area contributed by atoms with Crippen LogP contribution in [0.5, 0.6) is 0 Å². The Hall–Kier alpha value is -1.61. The van der Waals surface area contributed by atoms with Crippen molar-refractivity contribution in [2.24, 2.45) is 5.92 Å². The minimum atomic E-state index is -3.66. The number of hydrogen-bond acceptors (Lipinski definition) is 4. The Morgan fingerprint density at radius 2 is 1.71 bits per heavy atom. The molecule has 170 valence electrons. The highest BCUT2D eigenvalue weighted by molar-refractivity contribution is 7.89. The van der Waals surface area contributed by atoms with Crippen LogP contribution in [0.15, 0.2) is 53.4 Å². The van der Waals surface area contributed by atoms with E-state index in [1.165, 1.54) is 28.4 Å². The second kappa shape index (κ2) is 10.8. The van der Waals surface area contributed by atoms with Crippen LogP contribution in [0.2, 0.25) is 0 Å². The summed E-state index contributed by atoms with van der Waals surface area (Å²) in [5.41, 5.74) is 1.71. The van der Waals surface area contributed by atoms with Gasteiger partial charge in [-0.15, -0.1) is 4.31 Å². The van der Waals surface area contributed by atoms with Gasteiger partial charge in [-0.2, -0.15) is 4.31 Å². The molecule has 1 aliphatic heterocycles. The quantitative estimate of drug-likeness (QED) is 0.450. The fourth-order valence-corrected chi connectivity index (χ4v) is 5.99. The van der Waals surface area contributed by atoms with Gasteiger partial charge in [0.25, 0.3) is 0 Å². The number of anilines is 1. The maximum atomic E-state index is 13.3. The van der Waals surface area contributed by atoms with Crippen molar-refractivity contribution < 1.29 is 12.8 Å². The van der Waals surface area contributed by atoms with E-state index < -0.39 is 10.0 Å². The summed E-state index contributed by atoms with van der Waals surface area (Å²) in [5.74, 6) is -0.158. The van der Waals surface area contributed by atoms with E-state index in [0.717, 1.165) is 37.2 Å². The smallest absolute Gasteiger partial charge is 0.243 e. The molecular weight excluding hydrogens is 433 g/mol. The molecule has 1 aliphatic rings. The average Bonchev–Trinajstić information content (AvgIpc) is 2.75. The lowest BCUT2D eigenvalue weighted by atomic mass is 10.1. The number of nitrogens with zero attached hydrogens (tertiary/aromatic N) is 2. The van der Waals surface area contributed by atoms with Crippen molar-refractivity contribution in [3.05, 3.63) is 59.9 Å². The van der Waals surface area contributed by atoms with Crippen molar-refractivity contribution in [2.75, 3.05) is 31.2 Å². The first-order valence-electron chi connectivity index (χ1n) is 10.7. The van der Waals surface area contributed by atoms with Crippen LogP contribution >= 0.6 is 0 Å². The van der Waals surface area contributed by atoms with E-state index in [0.29, 0.717) is 12.6 Å². The van der Waals surface area contributed by atoms with E-state index in [4.69, 9.17) is 0 Å². The number of piperidine rings is 1. The molecule has 1 N–H and O–H groups in total. The van der Waals surface area contributed by atoms with Gasteiger partial charge >= 0.3 is 0 Å². The molecule has 0 amide bonds. The molecule has 0 radical (unpaired) electrons. The number of halogens is 1. The standard InChI is InChI=1S/C23H32FN3O2S2/c1-18(2)16-27(17-19-4-6-20(24)7-5-19)31(28,29)23-10-8-21(9-11-23)25-22-12-14-26(30-3)15-13-22/h4-11,18,22,25H,12-17H2,1-3H3/p+1. The second-order valence-corrected chi connectivity index (χ2v) is 11.3. The summed E-state index contributed by atoms with van der Waals surface area (Å²) in [5, 5.41) is 3.54. The molecule has 2 aromatic carbocycles. The summed E-state index contributed by atoms with van der Waals surface area (Å²) in [6.07, 6.45) is 4.33. The van der Waals surface area contributed by atoms with Crippen molar-refractivity contribution in [1.82, 2.24) is 8.61 Å². The lowest BCUT2D eigenvalue weighted by Gasteiger charge is -2.27. The highest BCUT2D eigenvalue weighted by Crippen LogP contribution is 2.23. The lowest BCUT2D eigenvalue weighted by molar-refractivity contribution is 0.358. The third kappa shape index (κ3) is 6.68. The Morgan fingerprint density at radius 3 is 2.26 bits per heavy atom. The van der Waals surface area contributed by atoms with Crippen LogP contribution in [-0.4, -0.2) is 49.0 Å². The molecule has 31 heavy (non-hydrogen) atoms. The third-order valence-corrected chi connectivity index (χ3v) is 8.25. The van der Waals surface area contributed by atoms with E-state index in [2.05, 4.69) is 15.9 Å². The average molecular weight is 467 g/mol. The van der Waals surface area contributed by atoms with Gasteiger partial charge in [0.05, 0.1) is 16.8 Å². The van der Waals surface area contributed by atoms with Crippen LogP contribution in [0.25, 0.3) is 0 Å². The molecule has 0 aliphatic carbocycles. The summed E-state index contributed by atoms with van der Waals surface area (Å²) < 4.78 is 43.8. The van der Waals surface area contributed by atoms with Crippen LogP contribution in [0, 0.1) is 11.7 Å². The van der Waals surface area contributed by atoms with Crippen molar-refractivity contribution in [3.63, 3.8) is 0 Å². The van der Waals surface area contributed by atoms with E-state index >= 15 is 0 Å². The van der Waals surface area contributed by atoms with Crippen molar-refractivity contribution in [1.29, 1.82) is 0 Å². The summed E-state index contributed by atoms with van der Waals surface area (Å²) in [7, 11) is -3.66. The first-order chi connectivity index (χ1) is 14.8. The predicted octanol–water partition coefficient (Wildman–Crippen LogP) is 3.91. The van der Waals surface area contributed by atoms with E-state index in [1.807, 2.05) is 26.0 Å². The van der Waals surface area contributed by atoms with Crippen molar-refractivity contribution >= 4 is 27.7 Å². The van der Waals surface area contributed by atoms with Gasteiger partial charge in [-0.1, -0.05) is 26.0 Å². The van der Waals surface area contributed by atoms with Crippen LogP contribution in [-0.2, 0) is 28.5 Å². The monoisotopic (exact) mass is 466 g/mol. The molecular formula is C23H33FN3O2S2+. The first-order valence-corrected chi connectivity index (χ1v) is 13.5. The summed E-state index contributed by atoms with van der Waals surface area (Å²) >= 11 is 1.32. The predicted molar refractivity (Wildman–Crippen MR) is 128 cm³/mol. The van der Waals surface area contributed by atoms with Crippen LogP contribution in [0.1, 0.15) is 32.3 Å². The van der Waals surface area contributed by atoms with E-state index in [-0.39, 0.29) is 23.2 Å². The zero-order valence-corrected chi connectivity index (χ0v) is 20.2. The zero-order chi connectivity index (χ0) is 22.4. The maximum Gasteiger partial charge on any atom is 0.243 e. The minimum absolute atomic E-state index is 0.171. The SMILES string of the molecule is C[SH+]N1CCC(Nc2ccc(S(=O)(=O)N(Cc3ccc(F)cc3)CC(C)C)cc2)CC1. The molecule has 0 bridgehead atoms. The zero-order valence-electron chi connectivity index (χ0n) is 18.5. The van der Waals surface area contributed by atoms with Gasteiger partial charge in [0, 0.05) is 37.9 Å². The largest absolute Gasteiger partial charge is 0.382 e. The van der Waals surface area contributed by atoms with Gasteiger partial charge < -0.3 is 5.32 Å². The molecule has 5 nitrogen and oxygen atoms in total. The summed E-state index contributed by atoms with van der Waals surface area (Å²) in [6, 6.07) is 13.5. The highest BCUT2D eigenvalue weighted by atomic mass is 32.2. The molecule has 0 spiro atoms. The van der Waals surface area contributed by atoms with E-state index in [1.54, 1.807) is 24.3 Å². The Balaban J connectivity index is 1.71. The van der Waals surface area contributed by atoms with Crippen molar-refractivity contribution in [3.8, 4) is 0 Å². The Bertz CT molecular complexity index is 926. The normalized spacial score (nSPS) is 16.2. The molecule has 1 fully saturated rings. The van der Waals surface area contributed by atoms with Gasteiger partial charge in [0.1, 0.15) is 12.1 Å². The maximum absolute atomic E-state index is 13.3. The Labute approximate surface area is 190 Å². The fourth-order valence-electron chi connectivity index (χ4n) is 3.77. The van der Waals surface area contributed by atoms with E-state index in [9.17, 15) is 12.8 Å². The van der Waals surface area contributed by atoms with Gasteiger partial charge in [-0.25, -0.2) is 12.8 Å². The van der Waals surface area contributed by atoms with Crippen molar-refractivity contribution in [2.45, 2.75) is 44.2 Å². The molecule has 0 atom stereocenters. The molecule has 0 unspecified atom stereocenters. The summed E-state index contributed by atoms with van der Waals surface area (Å²) in [4.78, 5) is 0.278. The topological polar surface area (TPSA) is 52.7 Å². The van der Waals surface area contributed by atoms with Gasteiger partial charge in [0.15, 0.2) is 0 Å². The van der Waals surface area contributed by atoms with Gasteiger partial charge in [0.2, 0.25) is 10.0 Å². The number of sulfonamides is 1. The summed E-state index contributed by atoms with van der Waals surface area (Å²) in [6.45, 7) is 6.75. The van der Waals surface area contributed by atoms with Gasteiger partial charge in [-0.3, -0.25) is 0 Å². The van der Waals surface area contributed by atoms with Crippen LogP contribution < -0.4 is 5.32 Å². The Morgan fingerprint density at radius 1 is 1.10 bits per heavy atom. The molecule has 2 aromatic rings. The molecule has 1 saturated heterocycles. The lowest BCUT2D eigenvalue weighted by Crippen LogP contribution is -2.38. The third-order valence-electron chi connectivity index (χ3n) is 5.46. The van der Waals surface area contributed by atoms with Crippen LogP contribution in [0.4, 0.5) is 10.1 Å². The first kappa shape index (κ1) is 24.0. The van der Waals surface area contributed by atoms with Gasteiger partial charge in [-0.05, 0) is 60.7 Å². The number of thiol groups is 1. The molecule has 0 saturated carbocycles. The highest BCUT2D eigenvalue weighted by Gasteiger charge is 2.26. The number of rotatable bonds is 9. The number of benzene rings is 2.